The lowest BCUT2D eigenvalue weighted by Crippen LogP contribution is -1.94. The minimum absolute atomic E-state index is 0.00991. The molecule has 5 heteroatoms. The molecule has 66 valence electrons. The number of benzene rings is 1. The van der Waals surface area contributed by atoms with Gasteiger partial charge in [-0.15, -0.1) is 0 Å². The summed E-state index contributed by atoms with van der Waals surface area (Å²) in [4.78, 5) is 0. The topological polar surface area (TPSA) is 0 Å². The molecule has 0 bridgehead atoms. The first-order chi connectivity index (χ1) is 5.52. The second-order valence-electron chi connectivity index (χ2n) is 2.09. The van der Waals surface area contributed by atoms with Gasteiger partial charge >= 0.3 is 0 Å². The summed E-state index contributed by atoms with van der Waals surface area (Å²) < 4.78 is 49.0. The number of halogens is 5. The van der Waals surface area contributed by atoms with Gasteiger partial charge in [-0.3, -0.25) is 0 Å². The van der Waals surface area contributed by atoms with Crippen LogP contribution in [0.5, 0.6) is 0 Å². The molecular weight excluding hydrogens is 287 g/mol. The van der Waals surface area contributed by atoms with Gasteiger partial charge in [-0.1, -0.05) is 0 Å². The number of hydrogen-bond donors (Lipinski definition) is 0. The summed E-state index contributed by atoms with van der Waals surface area (Å²) in [5.74, 6) is -2.03. The molecule has 0 aliphatic carbocycles. The maximum absolute atomic E-state index is 12.6. The molecule has 0 nitrogen and oxygen atoms in total. The summed E-state index contributed by atoms with van der Waals surface area (Å²) in [6, 6.07) is 1.26. The fourth-order valence-corrected chi connectivity index (χ4v) is 1.20. The molecule has 0 heterocycles. The fourth-order valence-electron chi connectivity index (χ4n) is 0.705. The Balaban J connectivity index is 3.23. The predicted octanol–water partition coefficient (Wildman–Crippen LogP) is 3.51. The molecule has 0 fully saturated rings. The lowest BCUT2D eigenvalue weighted by molar-refractivity contribution is 0.146. The van der Waals surface area contributed by atoms with E-state index in [1.54, 1.807) is 0 Å². The van der Waals surface area contributed by atoms with E-state index in [-0.39, 0.29) is 3.57 Å². The first-order valence-electron chi connectivity index (χ1n) is 2.95. The Morgan fingerprint density at radius 1 is 1.08 bits per heavy atom. The van der Waals surface area contributed by atoms with Gasteiger partial charge in [0, 0.05) is 9.64 Å². The molecule has 0 aliphatic heterocycles. The fraction of sp³-hybridized carbons (Fsp3) is 0.143. The van der Waals surface area contributed by atoms with E-state index in [1.807, 2.05) is 0 Å². The summed E-state index contributed by atoms with van der Waals surface area (Å²) in [6.45, 7) is 0. The Morgan fingerprint density at radius 2 is 1.67 bits per heavy atom. The first-order valence-corrected chi connectivity index (χ1v) is 4.03. The molecule has 1 rings (SSSR count). The van der Waals surface area contributed by atoms with Gasteiger partial charge in [-0.2, -0.15) is 0 Å². The molecule has 1 aromatic rings. The molecule has 0 N–H and O–H groups in total. The quantitative estimate of drug-likeness (QED) is 0.422. The predicted molar refractivity (Wildman–Crippen MR) is 44.0 cm³/mol. The molecule has 0 spiro atoms. The van der Waals surface area contributed by atoms with Crippen LogP contribution in [0.15, 0.2) is 12.1 Å². The van der Waals surface area contributed by atoms with Crippen molar-refractivity contribution >= 4 is 22.6 Å². The monoisotopic (exact) mass is 290 g/mol. The third-order valence-electron chi connectivity index (χ3n) is 1.27. The molecule has 0 saturated carbocycles. The van der Waals surface area contributed by atoms with Crippen LogP contribution in [-0.4, -0.2) is 0 Å². The highest BCUT2D eigenvalue weighted by atomic mass is 127. The van der Waals surface area contributed by atoms with Gasteiger partial charge in [0.25, 0.3) is 6.43 Å². The van der Waals surface area contributed by atoms with E-state index in [0.717, 1.165) is 6.07 Å². The van der Waals surface area contributed by atoms with Gasteiger partial charge in [0.2, 0.25) is 0 Å². The molecule has 0 amide bonds. The van der Waals surface area contributed by atoms with Crippen LogP contribution in [0.1, 0.15) is 12.0 Å². The second kappa shape index (κ2) is 3.59. The third kappa shape index (κ3) is 1.88. The Hall–Kier alpha value is -0.330. The van der Waals surface area contributed by atoms with E-state index in [4.69, 9.17) is 0 Å². The van der Waals surface area contributed by atoms with Gasteiger partial charge in [0.15, 0.2) is 0 Å². The largest absolute Gasteiger partial charge is 0.266 e. The summed E-state index contributed by atoms with van der Waals surface area (Å²) in [5.41, 5.74) is -0.763. The zero-order valence-electron chi connectivity index (χ0n) is 5.62. The first kappa shape index (κ1) is 9.76. The van der Waals surface area contributed by atoms with E-state index in [1.165, 1.54) is 22.6 Å². The third-order valence-corrected chi connectivity index (χ3v) is 2.10. The maximum Gasteiger partial charge on any atom is 0.266 e. The number of alkyl halides is 2. The van der Waals surface area contributed by atoms with Crippen molar-refractivity contribution in [3.8, 4) is 0 Å². The van der Waals surface area contributed by atoms with Crippen LogP contribution in [0, 0.1) is 15.2 Å². The summed E-state index contributed by atoms with van der Waals surface area (Å²) in [7, 11) is 0. The lowest BCUT2D eigenvalue weighted by Gasteiger charge is -2.02. The van der Waals surface area contributed by atoms with E-state index in [0.29, 0.717) is 6.07 Å². The van der Waals surface area contributed by atoms with E-state index in [2.05, 4.69) is 0 Å². The number of hydrogen-bond acceptors (Lipinski definition) is 0. The van der Waals surface area contributed by atoms with Gasteiger partial charge < -0.3 is 0 Å². The molecule has 0 radical (unpaired) electrons. The van der Waals surface area contributed by atoms with Crippen molar-refractivity contribution in [1.82, 2.24) is 0 Å². The van der Waals surface area contributed by atoms with Crippen molar-refractivity contribution in [3.63, 3.8) is 0 Å². The van der Waals surface area contributed by atoms with Gasteiger partial charge in [0.1, 0.15) is 11.6 Å². The van der Waals surface area contributed by atoms with Crippen LogP contribution < -0.4 is 0 Å². The standard InChI is InChI=1S/C7H3F4I/c8-4-2-5(9)6(12)1-3(4)7(10)11/h1-2,7H. The zero-order chi connectivity index (χ0) is 9.30. The lowest BCUT2D eigenvalue weighted by atomic mass is 10.2. The average molecular weight is 290 g/mol. The maximum atomic E-state index is 12.6. The van der Waals surface area contributed by atoms with E-state index >= 15 is 0 Å². The second-order valence-corrected chi connectivity index (χ2v) is 3.25. The van der Waals surface area contributed by atoms with Crippen molar-refractivity contribution in [2.45, 2.75) is 6.43 Å². The molecule has 1 aromatic carbocycles. The zero-order valence-corrected chi connectivity index (χ0v) is 7.78. The Kier molecular flexibility index (Phi) is 2.92. The van der Waals surface area contributed by atoms with Gasteiger partial charge in [0.05, 0.1) is 5.56 Å². The number of rotatable bonds is 1. The molecule has 0 saturated heterocycles. The van der Waals surface area contributed by atoms with E-state index < -0.39 is 23.6 Å². The van der Waals surface area contributed by atoms with E-state index in [9.17, 15) is 17.6 Å². The molecule has 12 heavy (non-hydrogen) atoms. The van der Waals surface area contributed by atoms with Crippen LogP contribution >= 0.6 is 22.6 Å². The van der Waals surface area contributed by atoms with Crippen LogP contribution in [0.4, 0.5) is 17.6 Å². The molecule has 0 atom stereocenters. The van der Waals surface area contributed by atoms with Gasteiger partial charge in [-0.05, 0) is 28.7 Å². The molecule has 0 aliphatic rings. The molecular formula is C7H3F4I. The van der Waals surface area contributed by atoms with Crippen molar-refractivity contribution in [3.05, 3.63) is 32.9 Å². The smallest absolute Gasteiger partial charge is 0.206 e. The minimum Gasteiger partial charge on any atom is -0.206 e. The SMILES string of the molecule is Fc1cc(F)c(C(F)F)cc1I. The van der Waals surface area contributed by atoms with Crippen molar-refractivity contribution in [2.75, 3.05) is 0 Å². The summed E-state index contributed by atoms with van der Waals surface area (Å²) in [6.07, 6.45) is -2.90. The highest BCUT2D eigenvalue weighted by Gasteiger charge is 2.15. The van der Waals surface area contributed by atoms with Crippen LogP contribution in [0.25, 0.3) is 0 Å². The van der Waals surface area contributed by atoms with Crippen LogP contribution in [0.3, 0.4) is 0 Å². The molecule has 0 unspecified atom stereocenters. The van der Waals surface area contributed by atoms with Gasteiger partial charge in [-0.25, -0.2) is 17.6 Å². The molecule has 0 aromatic heterocycles. The van der Waals surface area contributed by atoms with Crippen molar-refractivity contribution in [2.24, 2.45) is 0 Å². The van der Waals surface area contributed by atoms with Crippen molar-refractivity contribution < 1.29 is 17.6 Å². The minimum atomic E-state index is -2.90. The van der Waals surface area contributed by atoms with Crippen LogP contribution in [0.2, 0.25) is 0 Å². The van der Waals surface area contributed by atoms with Crippen LogP contribution in [-0.2, 0) is 0 Å². The Morgan fingerprint density at radius 3 is 2.17 bits per heavy atom. The Bertz CT molecular complexity index is 298. The average Bonchev–Trinajstić information content (AvgIpc) is 1.96. The highest BCUT2D eigenvalue weighted by molar-refractivity contribution is 14.1. The highest BCUT2D eigenvalue weighted by Crippen LogP contribution is 2.25. The summed E-state index contributed by atoms with van der Waals surface area (Å²) in [5, 5.41) is 0. The van der Waals surface area contributed by atoms with Crippen molar-refractivity contribution in [1.29, 1.82) is 0 Å². The summed E-state index contributed by atoms with van der Waals surface area (Å²) >= 11 is 1.52. The Labute approximate surface area is 79.7 Å². The normalized spacial score (nSPS) is 10.8.